The van der Waals surface area contributed by atoms with E-state index in [9.17, 15) is 10.2 Å². The number of benzene rings is 12. The van der Waals surface area contributed by atoms with Gasteiger partial charge >= 0.3 is 0 Å². The van der Waals surface area contributed by atoms with E-state index in [-0.39, 0.29) is 26.2 Å². The van der Waals surface area contributed by atoms with E-state index in [4.69, 9.17) is 28.9 Å². The van der Waals surface area contributed by atoms with Crippen LogP contribution in [-0.2, 0) is 54.3 Å². The smallest absolute Gasteiger partial charge is 0.176 e. The minimum atomic E-state index is -1.49. The summed E-state index contributed by atoms with van der Waals surface area (Å²) in [5, 5.41) is 46.5. The summed E-state index contributed by atoms with van der Waals surface area (Å²) in [6.07, 6.45) is -4.99. The molecule has 0 bridgehead atoms. The van der Waals surface area contributed by atoms with Crippen molar-refractivity contribution in [3.8, 4) is 0 Å². The summed E-state index contributed by atoms with van der Waals surface area (Å²) in [6.45, 7) is 0.0839. The maximum atomic E-state index is 14.9. The van der Waals surface area contributed by atoms with E-state index in [1.807, 2.05) is 109 Å². The Balaban J connectivity index is 0.934. The third kappa shape index (κ3) is 15.3. The zero-order valence-electron chi connectivity index (χ0n) is 62.3. The van der Waals surface area contributed by atoms with Crippen LogP contribution in [0.1, 0.15) is 84.6 Å². The van der Waals surface area contributed by atoms with Crippen molar-refractivity contribution in [2.24, 2.45) is 0 Å². The topological polar surface area (TPSA) is 151 Å². The molecule has 12 aromatic carbocycles. The molecule has 2 fully saturated rings. The zero-order chi connectivity index (χ0) is 75.8. The summed E-state index contributed by atoms with van der Waals surface area (Å²) < 4.78 is 31.4. The third-order valence-electron chi connectivity index (χ3n) is 22.5. The Kier molecular flexibility index (Phi) is 23.2. The Morgan fingerprint density at radius 3 is 0.839 bits per heavy atom. The fraction of sp³-hybridized carbons (Fsp3) is 0.180. The molecule has 0 spiro atoms. The summed E-state index contributed by atoms with van der Waals surface area (Å²) in [5.41, 5.74) is 8.32. The predicted octanol–water partition coefficient (Wildman–Crippen LogP) is 16.6. The largest absolute Gasteiger partial charge is 0.388 e. The number of nitrogens with one attached hydrogen (secondary N) is 4. The normalized spacial score (nSPS) is 20.2. The van der Waals surface area contributed by atoms with Gasteiger partial charge in [-0.2, -0.15) is 0 Å². The van der Waals surface area contributed by atoms with Crippen molar-refractivity contribution >= 4 is 0 Å². The molecule has 1 aliphatic carbocycles. The molecule has 12 nitrogen and oxygen atoms in total. The number of rotatable bonds is 29. The van der Waals surface area contributed by atoms with Crippen LogP contribution < -0.4 is 21.3 Å². The van der Waals surface area contributed by atoms with E-state index in [0.29, 0.717) is 11.4 Å². The van der Waals surface area contributed by atoms with Gasteiger partial charge in [0.15, 0.2) is 6.29 Å². The molecule has 3 heterocycles. The summed E-state index contributed by atoms with van der Waals surface area (Å²) in [7, 11) is 0. The molecule has 558 valence electrons. The molecule has 16 rings (SSSR count). The molecule has 2 aliphatic rings. The molecule has 10 atom stereocenters. The fourth-order valence-corrected chi connectivity index (χ4v) is 17.3. The van der Waals surface area contributed by atoms with Crippen LogP contribution in [0.25, 0.3) is 0 Å². The van der Waals surface area contributed by atoms with Crippen molar-refractivity contribution in [2.45, 2.75) is 103 Å². The van der Waals surface area contributed by atoms with Crippen molar-refractivity contribution in [1.82, 2.24) is 31.2 Å². The Bertz CT molecular complexity index is 4760. The minimum absolute atomic E-state index is 0.00261. The first-order chi connectivity index (χ1) is 55.3. The number of aliphatic hydroxyl groups is 2. The van der Waals surface area contributed by atoms with Gasteiger partial charge in [0.2, 0.25) is 0 Å². The molecular formula is C100H92N6O6. The lowest BCUT2D eigenvalue weighted by atomic mass is 9.72. The molecule has 1 saturated heterocycles. The standard InChI is InChI=1S/C100H92N6O6/c107-91-89(70-103-97(73-41-13-1-14-42-73,74-43-15-2-16-44-74)75-45-17-3-18-46-75)111-96(90(95(91)110-72-86-66-38-40-68-102-86)106-100(82-59-31-10-32-60-82,83-61-33-11-34-62-83)84-63-35-12-36-64-84)112-94-88(105-99(79-53-25-7-26-54-79,80-55-27-8-28-56-80)81-57-29-9-30-58-81)69-87(93(92(94)108)109-71-85-65-37-39-67-101-85)104-98(76-47-19-4-20-48-76,77-49-21-5-22-50-77)78-51-23-6-24-52-78/h1-68,87-96,103-108H,69-72H2/t87-,88+,89-,90-,91-,92-,93+,94-,95-,96-/m1/s1. The van der Waals surface area contributed by atoms with Crippen LogP contribution in [0.2, 0.25) is 0 Å². The maximum absolute atomic E-state index is 14.9. The molecule has 1 aliphatic heterocycles. The quantitative estimate of drug-likeness (QED) is 0.0248. The molecule has 6 N–H and O–H groups in total. The van der Waals surface area contributed by atoms with Gasteiger partial charge in [-0.3, -0.25) is 31.2 Å². The highest BCUT2D eigenvalue weighted by molar-refractivity contribution is 5.55. The molecule has 0 amide bonds. The Labute approximate surface area is 656 Å². The maximum Gasteiger partial charge on any atom is 0.176 e. The predicted molar refractivity (Wildman–Crippen MR) is 441 cm³/mol. The summed E-state index contributed by atoms with van der Waals surface area (Å²) >= 11 is 0. The van der Waals surface area contributed by atoms with E-state index in [0.717, 1.165) is 66.8 Å². The average molecular weight is 1470 g/mol. The highest BCUT2D eigenvalue weighted by Crippen LogP contribution is 2.46. The number of hydrogen-bond donors (Lipinski definition) is 6. The van der Waals surface area contributed by atoms with Crippen molar-refractivity contribution in [1.29, 1.82) is 0 Å². The number of pyridine rings is 2. The van der Waals surface area contributed by atoms with Gasteiger partial charge in [0, 0.05) is 31.0 Å². The lowest BCUT2D eigenvalue weighted by Crippen LogP contribution is -2.72. The van der Waals surface area contributed by atoms with Gasteiger partial charge in [0.1, 0.15) is 36.6 Å². The molecule has 0 radical (unpaired) electrons. The van der Waals surface area contributed by atoms with Crippen LogP contribution in [0.4, 0.5) is 0 Å². The Hall–Kier alpha value is -11.5. The number of ether oxygens (including phenoxy) is 4. The number of hydrogen-bond acceptors (Lipinski definition) is 12. The SMILES string of the molecule is O[C@@H]1[C@@H](OCc2ccccn2)[C@H](NC(c2ccccc2)(c2ccccc2)c2ccccc2)C[C@H](NC(c2ccccc2)(c2ccccc2)c2ccccc2)[C@H]1O[C@H]1O[C@H](CNC(c2ccccc2)(c2ccccc2)c2ccccc2)[C@@H](O)[C@H](OCc2ccccn2)[C@H]1NC(c1ccccc1)(c1ccccc1)c1ccccc1. The highest BCUT2D eigenvalue weighted by Gasteiger charge is 2.57. The first-order valence-corrected chi connectivity index (χ1v) is 38.8. The fourth-order valence-electron chi connectivity index (χ4n) is 17.3. The van der Waals surface area contributed by atoms with Crippen LogP contribution in [0.3, 0.4) is 0 Å². The molecule has 14 aromatic rings. The van der Waals surface area contributed by atoms with Gasteiger partial charge in [-0.15, -0.1) is 0 Å². The molecular weight excluding hydrogens is 1380 g/mol. The second kappa shape index (κ2) is 34.8. The van der Waals surface area contributed by atoms with Gasteiger partial charge in [0.25, 0.3) is 0 Å². The molecule has 12 heteroatoms. The monoisotopic (exact) mass is 1470 g/mol. The van der Waals surface area contributed by atoms with Gasteiger partial charge in [-0.1, -0.05) is 376 Å². The third-order valence-corrected chi connectivity index (χ3v) is 22.5. The second-order valence-corrected chi connectivity index (χ2v) is 29.0. The van der Waals surface area contributed by atoms with Crippen LogP contribution >= 0.6 is 0 Å². The van der Waals surface area contributed by atoms with Crippen LogP contribution in [-0.4, -0.2) is 87.8 Å². The average Bonchev–Trinajstić information content (AvgIpc) is 0.736. The molecule has 0 unspecified atom stereocenters. The Morgan fingerprint density at radius 1 is 0.295 bits per heavy atom. The van der Waals surface area contributed by atoms with E-state index >= 15 is 0 Å². The molecule has 1 saturated carbocycles. The minimum Gasteiger partial charge on any atom is -0.388 e. The number of nitrogens with zero attached hydrogens (tertiary/aromatic N) is 2. The van der Waals surface area contributed by atoms with Gasteiger partial charge in [-0.25, -0.2) is 0 Å². The lowest BCUT2D eigenvalue weighted by molar-refractivity contribution is -0.304. The van der Waals surface area contributed by atoms with E-state index < -0.39 is 83.2 Å². The highest BCUT2D eigenvalue weighted by atomic mass is 16.7. The summed E-state index contributed by atoms with van der Waals surface area (Å²) in [6, 6.07) is 135. The zero-order valence-corrected chi connectivity index (χ0v) is 62.3. The van der Waals surface area contributed by atoms with E-state index in [1.54, 1.807) is 12.4 Å². The summed E-state index contributed by atoms with van der Waals surface area (Å²) in [4.78, 5) is 9.67. The van der Waals surface area contributed by atoms with E-state index in [2.05, 4.69) is 312 Å². The lowest BCUT2D eigenvalue weighted by Gasteiger charge is -2.54. The summed E-state index contributed by atoms with van der Waals surface area (Å²) in [5.74, 6) is 0. The second-order valence-electron chi connectivity index (χ2n) is 29.0. The van der Waals surface area contributed by atoms with E-state index in [1.165, 1.54) is 0 Å². The molecule has 112 heavy (non-hydrogen) atoms. The van der Waals surface area contributed by atoms with Gasteiger partial charge < -0.3 is 29.2 Å². The first-order valence-electron chi connectivity index (χ1n) is 38.8. The Morgan fingerprint density at radius 2 is 0.554 bits per heavy atom. The van der Waals surface area contributed by atoms with Gasteiger partial charge in [0.05, 0.1) is 52.8 Å². The molecule has 2 aromatic heterocycles. The van der Waals surface area contributed by atoms with Crippen molar-refractivity contribution in [2.75, 3.05) is 6.54 Å². The van der Waals surface area contributed by atoms with Crippen molar-refractivity contribution in [3.05, 3.63) is 491 Å². The van der Waals surface area contributed by atoms with Crippen molar-refractivity contribution < 1.29 is 29.2 Å². The van der Waals surface area contributed by atoms with Crippen molar-refractivity contribution in [3.63, 3.8) is 0 Å². The van der Waals surface area contributed by atoms with Crippen LogP contribution in [0, 0.1) is 0 Å². The number of aromatic nitrogens is 2. The first kappa shape index (κ1) is 74.6. The van der Waals surface area contributed by atoms with Crippen LogP contribution in [0.5, 0.6) is 0 Å². The van der Waals surface area contributed by atoms with Crippen LogP contribution in [0.15, 0.2) is 413 Å². The van der Waals surface area contributed by atoms with Gasteiger partial charge in [-0.05, 0) is 97.4 Å². The number of aliphatic hydroxyl groups excluding tert-OH is 2.